The van der Waals surface area contributed by atoms with Crippen LogP contribution in [0.3, 0.4) is 0 Å². The van der Waals surface area contributed by atoms with Crippen molar-refractivity contribution >= 4 is 10.9 Å². The van der Waals surface area contributed by atoms with Gasteiger partial charge in [-0.15, -0.1) is 0 Å². The topological polar surface area (TPSA) is 24.9 Å². The number of nitrogens with one attached hydrogen (secondary N) is 1. The molecule has 0 saturated carbocycles. The second-order valence-corrected chi connectivity index (χ2v) is 4.83. The van der Waals surface area contributed by atoms with E-state index in [4.69, 9.17) is 0 Å². The molecule has 2 aromatic rings. The van der Waals surface area contributed by atoms with Crippen molar-refractivity contribution in [1.82, 2.24) is 10.3 Å². The van der Waals surface area contributed by atoms with E-state index in [9.17, 15) is 13.2 Å². The van der Waals surface area contributed by atoms with Crippen LogP contribution in [0.2, 0.25) is 0 Å². The number of para-hydroxylation sites is 1. The fourth-order valence-electron chi connectivity index (χ4n) is 2.28. The molecule has 1 unspecified atom stereocenters. The average Bonchev–Trinajstić information content (AvgIpc) is 2.42. The first-order chi connectivity index (χ1) is 9.49. The van der Waals surface area contributed by atoms with E-state index in [0.29, 0.717) is 6.42 Å². The van der Waals surface area contributed by atoms with Crippen LogP contribution in [0.4, 0.5) is 13.2 Å². The molecule has 20 heavy (non-hydrogen) atoms. The first kappa shape index (κ1) is 14.8. The molecule has 1 heterocycles. The number of benzene rings is 1. The van der Waals surface area contributed by atoms with Gasteiger partial charge in [-0.05, 0) is 37.6 Å². The molecule has 0 radical (unpaired) electrons. The van der Waals surface area contributed by atoms with Gasteiger partial charge in [-0.1, -0.05) is 18.2 Å². The number of pyridine rings is 1. The van der Waals surface area contributed by atoms with Crippen molar-refractivity contribution in [2.24, 2.45) is 0 Å². The lowest BCUT2D eigenvalue weighted by atomic mass is 9.99. The van der Waals surface area contributed by atoms with Crippen LogP contribution < -0.4 is 5.32 Å². The fourth-order valence-corrected chi connectivity index (χ4v) is 2.28. The third kappa shape index (κ3) is 3.93. The molecule has 2 nitrogen and oxygen atoms in total. The quantitative estimate of drug-likeness (QED) is 0.904. The second kappa shape index (κ2) is 6.22. The van der Waals surface area contributed by atoms with Crippen molar-refractivity contribution in [2.45, 2.75) is 31.5 Å². The number of likely N-dealkylation sites (N-methyl/N-ethyl adjacent to an activating group) is 1. The van der Waals surface area contributed by atoms with Crippen LogP contribution in [0.15, 0.2) is 36.5 Å². The van der Waals surface area contributed by atoms with Crippen molar-refractivity contribution in [3.8, 4) is 0 Å². The molecule has 1 N–H and O–H groups in total. The van der Waals surface area contributed by atoms with Gasteiger partial charge in [0.15, 0.2) is 0 Å². The fraction of sp³-hybridized carbons (Fsp3) is 0.400. The van der Waals surface area contributed by atoms with Crippen molar-refractivity contribution in [3.05, 3.63) is 42.1 Å². The van der Waals surface area contributed by atoms with E-state index in [1.807, 2.05) is 30.3 Å². The average molecular weight is 282 g/mol. The summed E-state index contributed by atoms with van der Waals surface area (Å²) in [6.07, 6.45) is -2.52. The van der Waals surface area contributed by atoms with Crippen molar-refractivity contribution < 1.29 is 13.2 Å². The molecule has 108 valence electrons. The molecule has 0 spiro atoms. The van der Waals surface area contributed by atoms with Gasteiger partial charge in [-0.2, -0.15) is 13.2 Å². The van der Waals surface area contributed by atoms with Crippen LogP contribution in [0.1, 0.15) is 18.4 Å². The summed E-state index contributed by atoms with van der Waals surface area (Å²) in [5, 5.41) is 3.97. The minimum atomic E-state index is -4.10. The second-order valence-electron chi connectivity index (χ2n) is 4.83. The van der Waals surface area contributed by atoms with Crippen LogP contribution in [0.5, 0.6) is 0 Å². The Kier molecular flexibility index (Phi) is 4.60. The number of halogens is 3. The molecular weight excluding hydrogens is 265 g/mol. The van der Waals surface area contributed by atoms with E-state index in [1.54, 1.807) is 13.2 Å². The molecule has 0 aliphatic heterocycles. The molecular formula is C15H17F3N2. The van der Waals surface area contributed by atoms with Gasteiger partial charge >= 0.3 is 6.18 Å². The van der Waals surface area contributed by atoms with E-state index in [-0.39, 0.29) is 12.5 Å². The highest BCUT2D eigenvalue weighted by atomic mass is 19.4. The largest absolute Gasteiger partial charge is 0.389 e. The number of nitrogens with zero attached hydrogens (tertiary/aromatic N) is 1. The summed E-state index contributed by atoms with van der Waals surface area (Å²) in [4.78, 5) is 4.26. The highest BCUT2D eigenvalue weighted by molar-refractivity contribution is 5.81. The zero-order chi connectivity index (χ0) is 14.6. The summed E-state index contributed by atoms with van der Waals surface area (Å²) in [6.45, 7) is 0. The highest BCUT2D eigenvalue weighted by Crippen LogP contribution is 2.24. The Balaban J connectivity index is 2.13. The van der Waals surface area contributed by atoms with E-state index in [1.165, 1.54) is 0 Å². The van der Waals surface area contributed by atoms with E-state index < -0.39 is 12.6 Å². The molecule has 2 rings (SSSR count). The molecule has 5 heteroatoms. The van der Waals surface area contributed by atoms with Gasteiger partial charge in [0.2, 0.25) is 0 Å². The van der Waals surface area contributed by atoms with Crippen molar-refractivity contribution in [1.29, 1.82) is 0 Å². The Morgan fingerprint density at radius 2 is 1.95 bits per heavy atom. The zero-order valence-corrected chi connectivity index (χ0v) is 11.2. The summed E-state index contributed by atoms with van der Waals surface area (Å²) in [7, 11) is 1.70. The maximum absolute atomic E-state index is 12.3. The van der Waals surface area contributed by atoms with Gasteiger partial charge in [-0.25, -0.2) is 0 Å². The van der Waals surface area contributed by atoms with Crippen LogP contribution in [0.25, 0.3) is 10.9 Å². The molecule has 0 bridgehead atoms. The first-order valence-corrected chi connectivity index (χ1v) is 6.56. The van der Waals surface area contributed by atoms with E-state index >= 15 is 0 Å². The molecule has 1 aromatic heterocycles. The summed E-state index contributed by atoms with van der Waals surface area (Å²) < 4.78 is 36.9. The van der Waals surface area contributed by atoms with Gasteiger partial charge in [-0.3, -0.25) is 4.98 Å². The van der Waals surface area contributed by atoms with Crippen molar-refractivity contribution in [2.75, 3.05) is 7.05 Å². The first-order valence-electron chi connectivity index (χ1n) is 6.56. The summed E-state index contributed by atoms with van der Waals surface area (Å²) in [5.74, 6) is 0. The van der Waals surface area contributed by atoms with Crippen LogP contribution in [-0.2, 0) is 6.42 Å². The van der Waals surface area contributed by atoms with Crippen LogP contribution in [0, 0.1) is 0 Å². The van der Waals surface area contributed by atoms with Crippen LogP contribution in [-0.4, -0.2) is 24.2 Å². The Labute approximate surface area is 116 Å². The summed E-state index contributed by atoms with van der Waals surface area (Å²) >= 11 is 0. The Bertz CT molecular complexity index is 561. The minimum absolute atomic E-state index is 0.0800. The van der Waals surface area contributed by atoms with Crippen molar-refractivity contribution in [3.63, 3.8) is 0 Å². The monoisotopic (exact) mass is 282 g/mol. The molecule has 0 saturated heterocycles. The molecule has 0 amide bonds. The standard InChI is InChI=1S/C15H17F3N2/c1-19-12(6-8-15(16,17)18)10-11-7-9-20-14-5-3-2-4-13(11)14/h2-5,7,9,12,19H,6,8,10H2,1H3. The van der Waals surface area contributed by atoms with Crippen LogP contribution >= 0.6 is 0 Å². The normalized spacial score (nSPS) is 13.6. The van der Waals surface area contributed by atoms with Gasteiger partial charge in [0.25, 0.3) is 0 Å². The van der Waals surface area contributed by atoms with Gasteiger partial charge < -0.3 is 5.32 Å². The van der Waals surface area contributed by atoms with Gasteiger partial charge in [0, 0.05) is 24.0 Å². The van der Waals surface area contributed by atoms with Gasteiger partial charge in [0.1, 0.15) is 0 Å². The number of fused-ring (bicyclic) bond motifs is 1. The number of hydrogen-bond donors (Lipinski definition) is 1. The predicted octanol–water partition coefficient (Wildman–Crippen LogP) is 3.71. The number of aromatic nitrogens is 1. The summed E-state index contributed by atoms with van der Waals surface area (Å²) in [6, 6.07) is 9.36. The zero-order valence-electron chi connectivity index (χ0n) is 11.2. The third-order valence-corrected chi connectivity index (χ3v) is 3.39. The maximum atomic E-state index is 12.3. The number of hydrogen-bond acceptors (Lipinski definition) is 2. The third-order valence-electron chi connectivity index (χ3n) is 3.39. The predicted molar refractivity (Wildman–Crippen MR) is 73.6 cm³/mol. The van der Waals surface area contributed by atoms with E-state index in [0.717, 1.165) is 16.5 Å². The molecule has 0 fully saturated rings. The lowest BCUT2D eigenvalue weighted by Crippen LogP contribution is -2.29. The van der Waals surface area contributed by atoms with E-state index in [2.05, 4.69) is 10.3 Å². The molecule has 0 aliphatic rings. The summed E-state index contributed by atoms with van der Waals surface area (Å²) in [5.41, 5.74) is 1.90. The maximum Gasteiger partial charge on any atom is 0.389 e. The Hall–Kier alpha value is -1.62. The number of alkyl halides is 3. The highest BCUT2D eigenvalue weighted by Gasteiger charge is 2.28. The molecule has 1 aromatic carbocycles. The Morgan fingerprint density at radius 1 is 1.20 bits per heavy atom. The number of rotatable bonds is 5. The SMILES string of the molecule is CNC(CCC(F)(F)F)Cc1ccnc2ccccc12. The minimum Gasteiger partial charge on any atom is -0.317 e. The lowest BCUT2D eigenvalue weighted by Gasteiger charge is -2.18. The van der Waals surface area contributed by atoms with Gasteiger partial charge in [0.05, 0.1) is 5.52 Å². The molecule has 0 aliphatic carbocycles. The Morgan fingerprint density at radius 3 is 2.65 bits per heavy atom. The molecule has 1 atom stereocenters. The smallest absolute Gasteiger partial charge is 0.317 e. The lowest BCUT2D eigenvalue weighted by molar-refractivity contribution is -0.136.